The van der Waals surface area contributed by atoms with Crippen molar-refractivity contribution in [3.8, 4) is 62.3 Å². The highest BCUT2D eigenvalue weighted by Gasteiger charge is 2.21. The lowest BCUT2D eigenvalue weighted by atomic mass is 9.90. The van der Waals surface area contributed by atoms with Crippen molar-refractivity contribution in [1.82, 2.24) is 4.57 Å². The van der Waals surface area contributed by atoms with Gasteiger partial charge < -0.3 is 4.57 Å². The second kappa shape index (κ2) is 13.4. The molecule has 55 heavy (non-hydrogen) atoms. The third-order valence-corrected chi connectivity index (χ3v) is 10.3. The second-order valence-corrected chi connectivity index (χ2v) is 13.4. The van der Waals surface area contributed by atoms with Crippen LogP contribution in [0.1, 0.15) is 11.1 Å². The fourth-order valence-electron chi connectivity index (χ4n) is 7.61. The summed E-state index contributed by atoms with van der Waals surface area (Å²) in [6.07, 6.45) is 0. The summed E-state index contributed by atoms with van der Waals surface area (Å²) in [6, 6.07) is 59.1. The highest BCUT2D eigenvalue weighted by Crippen LogP contribution is 2.45. The van der Waals surface area contributed by atoms with Crippen molar-refractivity contribution in [2.75, 3.05) is 0 Å². The summed E-state index contributed by atoms with van der Waals surface area (Å²) >= 11 is 0. The molecule has 1 heterocycles. The van der Waals surface area contributed by atoms with Gasteiger partial charge in [-0.25, -0.2) is 9.69 Å². The van der Waals surface area contributed by atoms with Crippen molar-refractivity contribution in [1.29, 1.82) is 10.5 Å². The predicted molar refractivity (Wildman–Crippen MR) is 222 cm³/mol. The SMILES string of the molecule is [C-]#[N+]c1ccc(-c2cc3c4cc(-c5ccc(C#N)cc5)c(-c5ccc(C#N)cc5)cc4n(-c4cccc5ccccc45)c3cc2-c2ccc([N+]#[C-])cc2)cc1. The number of aromatic nitrogens is 1. The quantitative estimate of drug-likeness (QED) is 0.168. The van der Waals surface area contributed by atoms with E-state index in [0.29, 0.717) is 22.5 Å². The van der Waals surface area contributed by atoms with Gasteiger partial charge in [-0.2, -0.15) is 10.5 Å². The molecule has 0 fully saturated rings. The van der Waals surface area contributed by atoms with Crippen LogP contribution in [0.4, 0.5) is 11.4 Å². The molecular weight excluding hydrogens is 671 g/mol. The van der Waals surface area contributed by atoms with Crippen LogP contribution >= 0.6 is 0 Å². The van der Waals surface area contributed by atoms with E-state index in [1.807, 2.05) is 97.1 Å². The van der Waals surface area contributed by atoms with Crippen molar-refractivity contribution < 1.29 is 0 Å². The number of benzene rings is 8. The molecule has 1 aromatic heterocycles. The number of nitrogens with zero attached hydrogens (tertiary/aromatic N) is 5. The van der Waals surface area contributed by atoms with Gasteiger partial charge in [-0.05, 0) is 104 Å². The molecule has 5 nitrogen and oxygen atoms in total. The number of rotatable bonds is 5. The Kier molecular flexibility index (Phi) is 7.96. The lowest BCUT2D eigenvalue weighted by Gasteiger charge is -2.16. The topological polar surface area (TPSA) is 61.2 Å². The van der Waals surface area contributed by atoms with Crippen LogP contribution < -0.4 is 0 Å². The summed E-state index contributed by atoms with van der Waals surface area (Å²) in [7, 11) is 0. The highest BCUT2D eigenvalue weighted by molar-refractivity contribution is 6.16. The van der Waals surface area contributed by atoms with Gasteiger partial charge in [0.2, 0.25) is 0 Å². The molecule has 0 radical (unpaired) electrons. The molecule has 0 aliphatic carbocycles. The summed E-state index contributed by atoms with van der Waals surface area (Å²) in [5, 5.41) is 23.5. The summed E-state index contributed by atoms with van der Waals surface area (Å²) < 4.78 is 2.35. The molecule has 252 valence electrons. The van der Waals surface area contributed by atoms with Crippen LogP contribution in [0.5, 0.6) is 0 Å². The maximum Gasteiger partial charge on any atom is 0.187 e. The van der Waals surface area contributed by atoms with Gasteiger partial charge in [0.05, 0.1) is 53.1 Å². The molecule has 0 atom stereocenters. The highest BCUT2D eigenvalue weighted by atomic mass is 15.0. The zero-order chi connectivity index (χ0) is 37.5. The molecule has 0 spiro atoms. The van der Waals surface area contributed by atoms with E-state index in [4.69, 9.17) is 13.1 Å². The average molecular weight is 698 g/mol. The van der Waals surface area contributed by atoms with Crippen molar-refractivity contribution >= 4 is 44.0 Å². The predicted octanol–water partition coefficient (Wildman–Crippen LogP) is 13.4. The molecule has 0 unspecified atom stereocenters. The normalized spacial score (nSPS) is 10.8. The van der Waals surface area contributed by atoms with Gasteiger partial charge in [0.1, 0.15) is 0 Å². The molecule has 5 heteroatoms. The molecule has 0 N–H and O–H groups in total. The standard InChI is InChI=1S/C50H27N5/c1-53-39-22-18-37(19-23-39)43-27-47-46-26-42(35-14-10-32(30-51)11-15-35)44(36-16-12-33(31-52)13-17-36)28-49(46)55(48-9-5-7-34-6-3-4-8-41(34)48)50(47)29-45(43)38-20-24-40(54-2)25-21-38/h3-29H. The van der Waals surface area contributed by atoms with Crippen molar-refractivity contribution in [3.63, 3.8) is 0 Å². The molecular formula is C50H27N5. The molecule has 0 saturated heterocycles. The summed E-state index contributed by atoms with van der Waals surface area (Å²) in [5.41, 5.74) is 13.3. The van der Waals surface area contributed by atoms with Crippen LogP contribution in [0.15, 0.2) is 164 Å². The van der Waals surface area contributed by atoms with E-state index < -0.39 is 0 Å². The third-order valence-electron chi connectivity index (χ3n) is 10.3. The number of hydrogen-bond donors (Lipinski definition) is 0. The van der Waals surface area contributed by atoms with Gasteiger partial charge in [-0.3, -0.25) is 0 Å². The van der Waals surface area contributed by atoms with Gasteiger partial charge in [0.15, 0.2) is 11.4 Å². The van der Waals surface area contributed by atoms with E-state index in [1.165, 1.54) is 0 Å². The largest absolute Gasteiger partial charge is 0.309 e. The third kappa shape index (κ3) is 5.64. The van der Waals surface area contributed by atoms with Crippen LogP contribution in [0.3, 0.4) is 0 Å². The van der Waals surface area contributed by atoms with Crippen LogP contribution in [0.25, 0.3) is 92.5 Å². The second-order valence-electron chi connectivity index (χ2n) is 13.4. The van der Waals surface area contributed by atoms with Gasteiger partial charge in [0, 0.05) is 16.2 Å². The zero-order valence-electron chi connectivity index (χ0n) is 29.3. The van der Waals surface area contributed by atoms with Crippen molar-refractivity contribution in [2.45, 2.75) is 0 Å². The van der Waals surface area contributed by atoms with E-state index >= 15 is 0 Å². The summed E-state index contributed by atoms with van der Waals surface area (Å²) in [4.78, 5) is 7.27. The van der Waals surface area contributed by atoms with Crippen molar-refractivity contribution in [3.05, 3.63) is 198 Å². The Morgan fingerprint density at radius 2 is 0.818 bits per heavy atom. The van der Waals surface area contributed by atoms with E-state index in [1.54, 1.807) is 0 Å². The van der Waals surface area contributed by atoms with Gasteiger partial charge >= 0.3 is 0 Å². The maximum atomic E-state index is 9.61. The fraction of sp³-hybridized carbons (Fsp3) is 0. The van der Waals surface area contributed by atoms with Gasteiger partial charge in [-0.15, -0.1) is 0 Å². The lowest BCUT2D eigenvalue weighted by Crippen LogP contribution is -1.97. The van der Waals surface area contributed by atoms with Gasteiger partial charge in [0.25, 0.3) is 0 Å². The average Bonchev–Trinajstić information content (AvgIpc) is 3.57. The Labute approximate surface area is 318 Å². The maximum absolute atomic E-state index is 9.61. The van der Waals surface area contributed by atoms with E-state index in [-0.39, 0.29) is 0 Å². The van der Waals surface area contributed by atoms with E-state index in [9.17, 15) is 10.5 Å². The minimum Gasteiger partial charge on any atom is -0.309 e. The number of nitriles is 2. The first-order valence-electron chi connectivity index (χ1n) is 17.7. The van der Waals surface area contributed by atoms with Crippen LogP contribution in [0, 0.1) is 35.8 Å². The first-order chi connectivity index (χ1) is 27.1. The molecule has 9 rings (SSSR count). The monoisotopic (exact) mass is 697 g/mol. The van der Waals surface area contributed by atoms with Crippen LogP contribution in [-0.2, 0) is 0 Å². The minimum atomic E-state index is 0.572. The molecule has 0 aliphatic heterocycles. The minimum absolute atomic E-state index is 0.572. The summed E-state index contributed by atoms with van der Waals surface area (Å²) in [6.45, 7) is 15.1. The molecule has 0 saturated carbocycles. The smallest absolute Gasteiger partial charge is 0.187 e. The van der Waals surface area contributed by atoms with Crippen LogP contribution in [-0.4, -0.2) is 4.57 Å². The summed E-state index contributed by atoms with van der Waals surface area (Å²) in [5.74, 6) is 0. The first-order valence-corrected chi connectivity index (χ1v) is 17.7. The number of hydrogen-bond acceptors (Lipinski definition) is 2. The van der Waals surface area contributed by atoms with E-state index in [2.05, 4.69) is 93.1 Å². The molecule has 9 aromatic rings. The lowest BCUT2D eigenvalue weighted by molar-refractivity contribution is 1.20. The Bertz CT molecular complexity index is 2960. The van der Waals surface area contributed by atoms with Crippen LogP contribution in [0.2, 0.25) is 0 Å². The molecule has 0 amide bonds. The van der Waals surface area contributed by atoms with E-state index in [0.717, 1.165) is 82.8 Å². The Balaban J connectivity index is 1.45. The molecule has 8 aromatic carbocycles. The molecule has 0 aliphatic rings. The van der Waals surface area contributed by atoms with Gasteiger partial charge in [-0.1, -0.05) is 109 Å². The number of fused-ring (bicyclic) bond motifs is 4. The Morgan fingerprint density at radius 3 is 1.25 bits per heavy atom. The Morgan fingerprint density at radius 1 is 0.418 bits per heavy atom. The fourth-order valence-corrected chi connectivity index (χ4v) is 7.61. The first kappa shape index (κ1) is 32.7. The molecule has 0 bridgehead atoms. The Hall–Kier alpha value is -8.22. The van der Waals surface area contributed by atoms with Crippen molar-refractivity contribution in [2.24, 2.45) is 0 Å². The zero-order valence-corrected chi connectivity index (χ0v) is 29.3.